The van der Waals surface area contributed by atoms with Crippen LogP contribution in [0.2, 0.25) is 0 Å². The van der Waals surface area contributed by atoms with E-state index in [2.05, 4.69) is 19.2 Å². The van der Waals surface area contributed by atoms with Gasteiger partial charge in [-0.05, 0) is 37.8 Å². The van der Waals surface area contributed by atoms with Crippen LogP contribution < -0.4 is 5.32 Å². The van der Waals surface area contributed by atoms with Crippen LogP contribution in [0.1, 0.15) is 65.2 Å². The SMILES string of the molecule is CCCCNCCC(C)C1CCCCC1. The van der Waals surface area contributed by atoms with E-state index in [9.17, 15) is 0 Å². The highest BCUT2D eigenvalue weighted by molar-refractivity contribution is 4.71. The first-order valence-electron chi connectivity index (χ1n) is 7.05. The van der Waals surface area contributed by atoms with Gasteiger partial charge in [-0.25, -0.2) is 0 Å². The zero-order valence-corrected chi connectivity index (χ0v) is 10.7. The predicted octanol–water partition coefficient (Wildman–Crippen LogP) is 3.98. The third kappa shape index (κ3) is 5.55. The summed E-state index contributed by atoms with van der Waals surface area (Å²) in [5, 5.41) is 3.56. The Balaban J connectivity index is 1.99. The lowest BCUT2D eigenvalue weighted by atomic mass is 9.79. The first-order valence-corrected chi connectivity index (χ1v) is 7.05. The van der Waals surface area contributed by atoms with Gasteiger partial charge in [0.2, 0.25) is 0 Å². The molecular formula is C14H29N. The molecule has 1 N–H and O–H groups in total. The van der Waals surface area contributed by atoms with Crippen molar-refractivity contribution in [2.45, 2.75) is 65.2 Å². The number of hydrogen-bond donors (Lipinski definition) is 1. The minimum absolute atomic E-state index is 0.944. The van der Waals surface area contributed by atoms with Crippen LogP contribution in [-0.2, 0) is 0 Å². The van der Waals surface area contributed by atoms with Crippen molar-refractivity contribution >= 4 is 0 Å². The Morgan fingerprint density at radius 3 is 2.53 bits per heavy atom. The second-order valence-corrected chi connectivity index (χ2v) is 5.27. The van der Waals surface area contributed by atoms with E-state index in [-0.39, 0.29) is 0 Å². The lowest BCUT2D eigenvalue weighted by molar-refractivity contribution is 0.251. The number of unbranched alkanes of at least 4 members (excludes halogenated alkanes) is 1. The molecule has 0 amide bonds. The van der Waals surface area contributed by atoms with Crippen molar-refractivity contribution in [3.8, 4) is 0 Å². The predicted molar refractivity (Wildman–Crippen MR) is 68.1 cm³/mol. The zero-order chi connectivity index (χ0) is 10.9. The molecule has 0 aliphatic heterocycles. The highest BCUT2D eigenvalue weighted by Gasteiger charge is 2.19. The Kier molecular flexibility index (Phi) is 7.08. The maximum Gasteiger partial charge on any atom is -0.00463 e. The summed E-state index contributed by atoms with van der Waals surface area (Å²) in [5.41, 5.74) is 0. The van der Waals surface area contributed by atoms with E-state index in [4.69, 9.17) is 0 Å². The minimum Gasteiger partial charge on any atom is -0.317 e. The summed E-state index contributed by atoms with van der Waals surface area (Å²) >= 11 is 0. The molecule has 0 heterocycles. The molecular weight excluding hydrogens is 182 g/mol. The van der Waals surface area contributed by atoms with Gasteiger partial charge in [-0.15, -0.1) is 0 Å². The normalized spacial score (nSPS) is 20.4. The lowest BCUT2D eigenvalue weighted by Gasteiger charge is -2.27. The Morgan fingerprint density at radius 1 is 1.13 bits per heavy atom. The Morgan fingerprint density at radius 2 is 1.87 bits per heavy atom. The van der Waals surface area contributed by atoms with Crippen molar-refractivity contribution in [3.05, 3.63) is 0 Å². The van der Waals surface area contributed by atoms with Crippen LogP contribution in [0.3, 0.4) is 0 Å². The highest BCUT2D eigenvalue weighted by atomic mass is 14.8. The molecule has 1 aliphatic rings. The summed E-state index contributed by atoms with van der Waals surface area (Å²) in [7, 11) is 0. The van der Waals surface area contributed by atoms with Gasteiger partial charge in [0.05, 0.1) is 0 Å². The van der Waals surface area contributed by atoms with E-state index >= 15 is 0 Å². The van der Waals surface area contributed by atoms with Gasteiger partial charge in [0.15, 0.2) is 0 Å². The van der Waals surface area contributed by atoms with Crippen LogP contribution in [0.4, 0.5) is 0 Å². The number of rotatable bonds is 7. The molecule has 1 heteroatoms. The molecule has 1 aliphatic carbocycles. The molecule has 0 aromatic rings. The van der Waals surface area contributed by atoms with Crippen LogP contribution in [0.5, 0.6) is 0 Å². The van der Waals surface area contributed by atoms with Gasteiger partial charge in [-0.3, -0.25) is 0 Å². The molecule has 1 fully saturated rings. The molecule has 1 unspecified atom stereocenters. The van der Waals surface area contributed by atoms with Crippen LogP contribution in [-0.4, -0.2) is 13.1 Å². The Hall–Kier alpha value is -0.0400. The van der Waals surface area contributed by atoms with Crippen LogP contribution in [0, 0.1) is 11.8 Å². The molecule has 0 spiro atoms. The summed E-state index contributed by atoms with van der Waals surface area (Å²) in [6.07, 6.45) is 11.5. The molecule has 15 heavy (non-hydrogen) atoms. The quantitative estimate of drug-likeness (QED) is 0.628. The molecule has 1 saturated carbocycles. The maximum absolute atomic E-state index is 3.56. The molecule has 1 nitrogen and oxygen atoms in total. The van der Waals surface area contributed by atoms with Gasteiger partial charge in [-0.1, -0.05) is 52.4 Å². The Bertz CT molecular complexity index is 138. The van der Waals surface area contributed by atoms with Crippen molar-refractivity contribution in [1.29, 1.82) is 0 Å². The van der Waals surface area contributed by atoms with E-state index in [1.165, 1.54) is 64.5 Å². The number of nitrogens with one attached hydrogen (secondary N) is 1. The van der Waals surface area contributed by atoms with Gasteiger partial charge >= 0.3 is 0 Å². The third-order valence-corrected chi connectivity index (χ3v) is 3.94. The Labute approximate surface area is 96.0 Å². The fourth-order valence-electron chi connectivity index (χ4n) is 2.70. The molecule has 0 aromatic heterocycles. The fraction of sp³-hybridized carbons (Fsp3) is 1.00. The molecule has 0 radical (unpaired) electrons. The van der Waals surface area contributed by atoms with Crippen molar-refractivity contribution in [2.75, 3.05) is 13.1 Å². The van der Waals surface area contributed by atoms with Crippen molar-refractivity contribution in [3.63, 3.8) is 0 Å². The third-order valence-electron chi connectivity index (χ3n) is 3.94. The standard InChI is InChI=1S/C14H29N/c1-3-4-11-15-12-10-13(2)14-8-6-5-7-9-14/h13-15H,3-12H2,1-2H3. The fourth-order valence-corrected chi connectivity index (χ4v) is 2.70. The maximum atomic E-state index is 3.56. The number of hydrogen-bond acceptors (Lipinski definition) is 1. The lowest BCUT2D eigenvalue weighted by Crippen LogP contribution is -2.22. The van der Waals surface area contributed by atoms with Crippen molar-refractivity contribution in [2.24, 2.45) is 11.8 Å². The second-order valence-electron chi connectivity index (χ2n) is 5.27. The monoisotopic (exact) mass is 211 g/mol. The molecule has 0 bridgehead atoms. The summed E-state index contributed by atoms with van der Waals surface area (Å²) in [5.74, 6) is 1.98. The smallest absolute Gasteiger partial charge is 0.00463 e. The van der Waals surface area contributed by atoms with Gasteiger partial charge in [0, 0.05) is 0 Å². The largest absolute Gasteiger partial charge is 0.317 e. The van der Waals surface area contributed by atoms with Crippen LogP contribution in [0.25, 0.3) is 0 Å². The van der Waals surface area contributed by atoms with Crippen LogP contribution in [0.15, 0.2) is 0 Å². The van der Waals surface area contributed by atoms with E-state index < -0.39 is 0 Å². The van der Waals surface area contributed by atoms with Crippen LogP contribution >= 0.6 is 0 Å². The molecule has 1 rings (SSSR count). The topological polar surface area (TPSA) is 12.0 Å². The average molecular weight is 211 g/mol. The van der Waals surface area contributed by atoms with Crippen molar-refractivity contribution in [1.82, 2.24) is 5.32 Å². The minimum atomic E-state index is 0.944. The van der Waals surface area contributed by atoms with E-state index in [0.717, 1.165) is 11.8 Å². The van der Waals surface area contributed by atoms with Crippen molar-refractivity contribution < 1.29 is 0 Å². The van der Waals surface area contributed by atoms with E-state index in [1.807, 2.05) is 0 Å². The van der Waals surface area contributed by atoms with Gasteiger partial charge in [0.1, 0.15) is 0 Å². The molecule has 0 aromatic carbocycles. The van der Waals surface area contributed by atoms with E-state index in [1.54, 1.807) is 0 Å². The van der Waals surface area contributed by atoms with Gasteiger partial charge in [-0.2, -0.15) is 0 Å². The molecule has 0 saturated heterocycles. The van der Waals surface area contributed by atoms with Gasteiger partial charge < -0.3 is 5.32 Å². The first-order chi connectivity index (χ1) is 7.34. The average Bonchev–Trinajstić information content (AvgIpc) is 2.30. The molecule has 1 atom stereocenters. The highest BCUT2D eigenvalue weighted by Crippen LogP contribution is 2.31. The zero-order valence-electron chi connectivity index (χ0n) is 10.7. The van der Waals surface area contributed by atoms with Gasteiger partial charge in [0.25, 0.3) is 0 Å². The summed E-state index contributed by atoms with van der Waals surface area (Å²) in [4.78, 5) is 0. The summed E-state index contributed by atoms with van der Waals surface area (Å²) < 4.78 is 0. The molecule has 90 valence electrons. The van der Waals surface area contributed by atoms with E-state index in [0.29, 0.717) is 0 Å². The second kappa shape index (κ2) is 8.15. The first kappa shape index (κ1) is 13.0. The summed E-state index contributed by atoms with van der Waals surface area (Å²) in [6, 6.07) is 0. The summed E-state index contributed by atoms with van der Waals surface area (Å²) in [6.45, 7) is 7.16.